The Morgan fingerprint density at radius 2 is 2.16 bits per heavy atom. The fraction of sp³-hybridized carbons (Fsp3) is 0.609. The van der Waals surface area contributed by atoms with Gasteiger partial charge in [-0.1, -0.05) is 30.7 Å². The maximum absolute atomic E-state index is 13.8. The number of carbonyl (C=O) groups is 3. The molecule has 3 aliphatic rings. The van der Waals surface area contributed by atoms with Gasteiger partial charge in [0.05, 0.1) is 33.9 Å². The smallest absolute Gasteiger partial charge is 0.310 e. The molecular weight excluding hydrogens is 452 g/mol. The van der Waals surface area contributed by atoms with Crippen LogP contribution in [0.4, 0.5) is 5.69 Å². The van der Waals surface area contributed by atoms with Crippen LogP contribution in [0.1, 0.15) is 32.3 Å². The van der Waals surface area contributed by atoms with E-state index in [-0.39, 0.29) is 48.7 Å². The van der Waals surface area contributed by atoms with E-state index in [1.165, 1.54) is 0 Å². The number of aliphatic hydroxyl groups excluding tert-OH is 1. The second-order valence-electron chi connectivity index (χ2n) is 8.83. The molecule has 6 atom stereocenters. The quantitative estimate of drug-likeness (QED) is 0.582. The molecular formula is C23H29ClN2O5S. The predicted octanol–water partition coefficient (Wildman–Crippen LogP) is 2.87. The highest BCUT2D eigenvalue weighted by molar-refractivity contribution is 8.02. The summed E-state index contributed by atoms with van der Waals surface area (Å²) in [6.07, 6.45) is 1.11. The molecule has 32 heavy (non-hydrogen) atoms. The first-order valence-corrected chi connectivity index (χ1v) is 12.3. The van der Waals surface area contributed by atoms with E-state index in [1.807, 2.05) is 19.1 Å². The molecule has 7 nitrogen and oxygen atoms in total. The maximum atomic E-state index is 13.8. The maximum Gasteiger partial charge on any atom is 0.310 e. The zero-order valence-corrected chi connectivity index (χ0v) is 20.0. The van der Waals surface area contributed by atoms with Crippen LogP contribution in [0.15, 0.2) is 18.2 Å². The van der Waals surface area contributed by atoms with Crippen LogP contribution in [0.2, 0.25) is 5.02 Å². The van der Waals surface area contributed by atoms with Crippen molar-refractivity contribution in [2.45, 2.75) is 49.7 Å². The lowest BCUT2D eigenvalue weighted by Crippen LogP contribution is -2.54. The van der Waals surface area contributed by atoms with E-state index in [1.54, 1.807) is 29.7 Å². The third kappa shape index (κ3) is 3.42. The number of para-hydroxylation sites is 1. The van der Waals surface area contributed by atoms with E-state index < -0.39 is 22.6 Å². The molecule has 3 aliphatic heterocycles. The molecule has 4 rings (SSSR count). The number of esters is 1. The molecule has 0 radical (unpaired) electrons. The van der Waals surface area contributed by atoms with Crippen LogP contribution in [0, 0.1) is 24.7 Å². The third-order valence-electron chi connectivity index (χ3n) is 7.08. The number of hydrogen-bond acceptors (Lipinski definition) is 6. The zero-order valence-electron chi connectivity index (χ0n) is 18.5. The summed E-state index contributed by atoms with van der Waals surface area (Å²) in [4.78, 5) is 41.8. The molecule has 1 aromatic rings. The van der Waals surface area contributed by atoms with Crippen molar-refractivity contribution >= 4 is 46.8 Å². The summed E-state index contributed by atoms with van der Waals surface area (Å²) in [5, 5.41) is 12.8. The molecule has 2 amide bonds. The van der Waals surface area contributed by atoms with Crippen LogP contribution >= 0.6 is 23.4 Å². The van der Waals surface area contributed by atoms with Gasteiger partial charge in [-0.05, 0) is 44.2 Å². The van der Waals surface area contributed by atoms with Crippen molar-refractivity contribution in [3.8, 4) is 0 Å². The number of nitrogens with zero attached hydrogens (tertiary/aromatic N) is 1. The van der Waals surface area contributed by atoms with Crippen LogP contribution in [0.3, 0.4) is 0 Å². The summed E-state index contributed by atoms with van der Waals surface area (Å²) >= 11 is 7.95. The highest BCUT2D eigenvalue weighted by atomic mass is 35.5. The molecule has 9 heteroatoms. The average Bonchev–Trinajstić information content (AvgIpc) is 3.33. The van der Waals surface area contributed by atoms with Gasteiger partial charge >= 0.3 is 5.97 Å². The van der Waals surface area contributed by atoms with Crippen LogP contribution < -0.4 is 5.32 Å². The summed E-state index contributed by atoms with van der Waals surface area (Å²) < 4.78 is 4.61. The van der Waals surface area contributed by atoms with Gasteiger partial charge in [0.2, 0.25) is 11.8 Å². The lowest BCUT2D eigenvalue weighted by atomic mass is 9.66. The normalized spacial score (nSPS) is 32.8. The summed E-state index contributed by atoms with van der Waals surface area (Å²) in [5.74, 6) is -1.96. The predicted molar refractivity (Wildman–Crippen MR) is 124 cm³/mol. The van der Waals surface area contributed by atoms with Gasteiger partial charge in [0.25, 0.3) is 0 Å². The molecule has 3 saturated heterocycles. The summed E-state index contributed by atoms with van der Waals surface area (Å²) in [6.45, 7) is 6.09. The van der Waals surface area contributed by atoms with E-state index >= 15 is 0 Å². The number of hydrogen-bond donors (Lipinski definition) is 2. The SMILES string of the molecule is CCOC(=O)[C@@H]1[C@@H]2CC(C)C3(S2)C(C(=O)Nc2c(C)cccc2Cl)N(CCCO)C(=O)[C@H]13. The van der Waals surface area contributed by atoms with Gasteiger partial charge in [-0.25, -0.2) is 0 Å². The van der Waals surface area contributed by atoms with Crippen molar-refractivity contribution in [2.75, 3.05) is 25.1 Å². The molecule has 174 valence electrons. The summed E-state index contributed by atoms with van der Waals surface area (Å²) in [7, 11) is 0. The second-order valence-corrected chi connectivity index (χ2v) is 10.8. The van der Waals surface area contributed by atoms with Crippen LogP contribution in [-0.2, 0) is 19.1 Å². The lowest BCUT2D eigenvalue weighted by Gasteiger charge is -2.38. The van der Waals surface area contributed by atoms with Gasteiger partial charge in [0.15, 0.2) is 0 Å². The number of ether oxygens (including phenoxy) is 1. The van der Waals surface area contributed by atoms with Gasteiger partial charge in [-0.2, -0.15) is 0 Å². The topological polar surface area (TPSA) is 95.9 Å². The first kappa shape index (κ1) is 23.4. The van der Waals surface area contributed by atoms with Crippen LogP contribution in [0.25, 0.3) is 0 Å². The second kappa shape index (κ2) is 8.88. The Kier molecular flexibility index (Phi) is 6.49. The van der Waals surface area contributed by atoms with Gasteiger partial charge in [-0.15, -0.1) is 11.8 Å². The molecule has 3 unspecified atom stereocenters. The van der Waals surface area contributed by atoms with E-state index in [2.05, 4.69) is 12.2 Å². The number of carbonyl (C=O) groups excluding carboxylic acids is 3. The zero-order chi connectivity index (χ0) is 23.2. The van der Waals surface area contributed by atoms with Crippen molar-refractivity contribution < 1.29 is 24.2 Å². The number of aryl methyl sites for hydroxylation is 1. The minimum Gasteiger partial charge on any atom is -0.466 e. The van der Waals surface area contributed by atoms with E-state index in [0.717, 1.165) is 12.0 Å². The number of likely N-dealkylation sites (tertiary alicyclic amines) is 1. The number of anilines is 1. The number of benzene rings is 1. The van der Waals surface area contributed by atoms with Gasteiger partial charge in [0.1, 0.15) is 6.04 Å². The molecule has 2 bridgehead atoms. The van der Waals surface area contributed by atoms with E-state index in [0.29, 0.717) is 17.1 Å². The number of nitrogens with one attached hydrogen (secondary N) is 1. The molecule has 1 aromatic carbocycles. The Hall–Kier alpha value is -1.77. The van der Waals surface area contributed by atoms with Gasteiger partial charge < -0.3 is 20.1 Å². The van der Waals surface area contributed by atoms with Crippen molar-refractivity contribution in [2.24, 2.45) is 17.8 Å². The lowest BCUT2D eigenvalue weighted by molar-refractivity contribution is -0.154. The van der Waals surface area contributed by atoms with Crippen LogP contribution in [0.5, 0.6) is 0 Å². The molecule has 1 spiro atoms. The molecule has 0 aromatic heterocycles. The Bertz CT molecular complexity index is 923. The number of halogens is 1. The Morgan fingerprint density at radius 1 is 1.41 bits per heavy atom. The van der Waals surface area contributed by atoms with Gasteiger partial charge in [-0.3, -0.25) is 14.4 Å². The monoisotopic (exact) mass is 480 g/mol. The van der Waals surface area contributed by atoms with Crippen molar-refractivity contribution in [1.29, 1.82) is 0 Å². The van der Waals surface area contributed by atoms with Gasteiger partial charge in [0, 0.05) is 18.4 Å². The number of amides is 2. The minimum absolute atomic E-state index is 0.0460. The van der Waals surface area contributed by atoms with E-state index in [9.17, 15) is 19.5 Å². The summed E-state index contributed by atoms with van der Waals surface area (Å²) in [6, 6.07) is 4.63. The fourth-order valence-corrected chi connectivity index (χ4v) is 8.47. The largest absolute Gasteiger partial charge is 0.466 e. The fourth-order valence-electron chi connectivity index (χ4n) is 5.79. The van der Waals surface area contributed by atoms with Crippen LogP contribution in [-0.4, -0.2) is 63.6 Å². The average molecular weight is 481 g/mol. The number of fused-ring (bicyclic) bond motifs is 1. The summed E-state index contributed by atoms with van der Waals surface area (Å²) in [5.41, 5.74) is 1.35. The highest BCUT2D eigenvalue weighted by Gasteiger charge is 2.76. The number of rotatable bonds is 7. The van der Waals surface area contributed by atoms with Crippen molar-refractivity contribution in [3.05, 3.63) is 28.8 Å². The highest BCUT2D eigenvalue weighted by Crippen LogP contribution is 2.68. The molecule has 0 aliphatic carbocycles. The first-order chi connectivity index (χ1) is 15.3. The third-order valence-corrected chi connectivity index (χ3v) is 9.47. The molecule has 0 saturated carbocycles. The standard InChI is InChI=1S/C23H29ClN2O5S/c1-4-31-22(30)16-15-11-13(3)23(32-15)17(16)21(29)26(9-6-10-27)19(23)20(28)25-18-12(2)7-5-8-14(18)24/h5,7-8,13,15-17,19,27H,4,6,9-11H2,1-3H3,(H,25,28)/t13?,15-,16+,17-,19?,23?/m0/s1. The van der Waals surface area contributed by atoms with Crippen molar-refractivity contribution in [3.63, 3.8) is 0 Å². The first-order valence-electron chi connectivity index (χ1n) is 11.1. The van der Waals surface area contributed by atoms with Crippen molar-refractivity contribution in [1.82, 2.24) is 4.90 Å². The minimum atomic E-state index is -0.758. The number of thioether (sulfide) groups is 1. The molecule has 3 fully saturated rings. The number of aliphatic hydroxyl groups is 1. The van der Waals surface area contributed by atoms with E-state index in [4.69, 9.17) is 16.3 Å². The Morgan fingerprint density at radius 3 is 2.81 bits per heavy atom. The molecule has 2 N–H and O–H groups in total. The Labute approximate surface area is 197 Å². The Balaban J connectivity index is 1.74. The molecule has 3 heterocycles.